The maximum Gasteiger partial charge on any atom is 0.302 e. The molecule has 8 heteroatoms. The number of imidazole rings is 1. The molecule has 1 N–H and O–H groups in total. The van der Waals surface area contributed by atoms with Gasteiger partial charge in [-0.3, -0.25) is 4.40 Å². The van der Waals surface area contributed by atoms with Crippen molar-refractivity contribution in [3.05, 3.63) is 71.0 Å². The van der Waals surface area contributed by atoms with E-state index in [0.717, 1.165) is 36.2 Å². The third-order valence-electron chi connectivity index (χ3n) is 6.48. The van der Waals surface area contributed by atoms with Crippen LogP contribution in [0.3, 0.4) is 0 Å². The number of hydrogen-bond donors (Lipinski definition) is 1. The highest BCUT2D eigenvalue weighted by Crippen LogP contribution is 2.37. The third-order valence-corrected chi connectivity index (χ3v) is 6.84. The first-order valence-corrected chi connectivity index (χ1v) is 12.0. The standard InChI is InChI=1S/C27H26ClN5O2/c1-32-11-2-3-19(15-32)17-35-27-31-25(20-6-4-18(14-29)5-7-20)24(26-30-10-12-33(26)27)21-8-9-22(16-34)23(28)13-21/h4-10,12-13,19,34H,2-3,11,15-17H2,1H3/t19-/m1/s1. The molecule has 2 aromatic carbocycles. The Morgan fingerprint density at radius 2 is 2.00 bits per heavy atom. The summed E-state index contributed by atoms with van der Waals surface area (Å²) in [5.74, 6) is 0.442. The predicted molar refractivity (Wildman–Crippen MR) is 135 cm³/mol. The Labute approximate surface area is 209 Å². The predicted octanol–water partition coefficient (Wildman–Crippen LogP) is 4.80. The minimum Gasteiger partial charge on any atom is -0.464 e. The molecule has 4 aromatic rings. The molecular weight excluding hydrogens is 462 g/mol. The fourth-order valence-corrected chi connectivity index (χ4v) is 4.91. The number of fused-ring (bicyclic) bond motifs is 1. The van der Waals surface area contributed by atoms with Gasteiger partial charge < -0.3 is 14.7 Å². The quantitative estimate of drug-likeness (QED) is 0.420. The Kier molecular flexibility index (Phi) is 6.69. The number of halogens is 1. The van der Waals surface area contributed by atoms with Gasteiger partial charge in [0.1, 0.15) is 0 Å². The van der Waals surface area contributed by atoms with Crippen LogP contribution in [0.15, 0.2) is 54.9 Å². The molecule has 0 spiro atoms. The minimum absolute atomic E-state index is 0.137. The lowest BCUT2D eigenvalue weighted by Gasteiger charge is -2.29. The Morgan fingerprint density at radius 3 is 2.71 bits per heavy atom. The second-order valence-electron chi connectivity index (χ2n) is 8.97. The summed E-state index contributed by atoms with van der Waals surface area (Å²) in [6, 6.07) is 15.5. The van der Waals surface area contributed by atoms with Crippen molar-refractivity contribution in [2.45, 2.75) is 19.4 Å². The molecular formula is C27H26ClN5O2. The van der Waals surface area contributed by atoms with Gasteiger partial charge in [-0.15, -0.1) is 0 Å². The highest BCUT2D eigenvalue weighted by atomic mass is 35.5. The van der Waals surface area contributed by atoms with E-state index < -0.39 is 0 Å². The lowest BCUT2D eigenvalue weighted by atomic mass is 9.98. The molecule has 1 fully saturated rings. The second kappa shape index (κ2) is 10.0. The number of likely N-dealkylation sites (tertiary alicyclic amines) is 1. The van der Waals surface area contributed by atoms with Crippen molar-refractivity contribution in [3.63, 3.8) is 0 Å². The summed E-state index contributed by atoms with van der Waals surface area (Å²) in [6.45, 7) is 2.56. The van der Waals surface area contributed by atoms with Crippen LogP contribution in [0.5, 0.6) is 6.01 Å². The molecule has 0 bridgehead atoms. The molecule has 2 aromatic heterocycles. The van der Waals surface area contributed by atoms with Crippen LogP contribution in [-0.2, 0) is 6.61 Å². The van der Waals surface area contributed by atoms with Gasteiger partial charge in [0.2, 0.25) is 0 Å². The van der Waals surface area contributed by atoms with E-state index in [2.05, 4.69) is 23.0 Å². The molecule has 0 amide bonds. The molecule has 0 radical (unpaired) electrons. The zero-order chi connectivity index (χ0) is 24.4. The van der Waals surface area contributed by atoms with Gasteiger partial charge in [-0.1, -0.05) is 35.9 Å². The average molecular weight is 488 g/mol. The van der Waals surface area contributed by atoms with E-state index in [4.69, 9.17) is 21.3 Å². The summed E-state index contributed by atoms with van der Waals surface area (Å²) in [4.78, 5) is 11.9. The van der Waals surface area contributed by atoms with E-state index in [1.807, 2.05) is 40.9 Å². The maximum absolute atomic E-state index is 9.56. The number of aromatic nitrogens is 3. The van der Waals surface area contributed by atoms with Crippen LogP contribution >= 0.6 is 11.6 Å². The van der Waals surface area contributed by atoms with Crippen molar-refractivity contribution < 1.29 is 9.84 Å². The number of aliphatic hydroxyl groups excluding tert-OH is 1. The van der Waals surface area contributed by atoms with Gasteiger partial charge in [0, 0.05) is 35.4 Å². The Bertz CT molecular complexity index is 1390. The van der Waals surface area contributed by atoms with Crippen molar-refractivity contribution in [2.75, 3.05) is 26.7 Å². The lowest BCUT2D eigenvalue weighted by Crippen LogP contribution is -2.35. The van der Waals surface area contributed by atoms with Gasteiger partial charge in [-0.25, -0.2) is 4.98 Å². The van der Waals surface area contributed by atoms with Crippen LogP contribution in [0, 0.1) is 17.2 Å². The zero-order valence-electron chi connectivity index (χ0n) is 19.5. The van der Waals surface area contributed by atoms with E-state index in [-0.39, 0.29) is 6.61 Å². The summed E-state index contributed by atoms with van der Waals surface area (Å²) >= 11 is 6.45. The molecule has 1 saturated heterocycles. The monoisotopic (exact) mass is 487 g/mol. The summed E-state index contributed by atoms with van der Waals surface area (Å²) in [7, 11) is 2.14. The van der Waals surface area contributed by atoms with Gasteiger partial charge in [-0.2, -0.15) is 10.2 Å². The topological polar surface area (TPSA) is 86.7 Å². The summed E-state index contributed by atoms with van der Waals surface area (Å²) in [5.41, 5.74) is 5.09. The molecule has 35 heavy (non-hydrogen) atoms. The fraction of sp³-hybridized carbons (Fsp3) is 0.296. The van der Waals surface area contributed by atoms with E-state index in [9.17, 15) is 10.4 Å². The van der Waals surface area contributed by atoms with Gasteiger partial charge in [0.25, 0.3) is 0 Å². The maximum atomic E-state index is 9.56. The van der Waals surface area contributed by atoms with Gasteiger partial charge in [-0.05, 0) is 55.8 Å². The van der Waals surface area contributed by atoms with Crippen molar-refractivity contribution in [3.8, 4) is 34.5 Å². The number of nitrogens with zero attached hydrogens (tertiary/aromatic N) is 5. The van der Waals surface area contributed by atoms with Gasteiger partial charge in [0.05, 0.1) is 36.1 Å². The highest BCUT2D eigenvalue weighted by Gasteiger charge is 2.22. The number of rotatable bonds is 6. The van der Waals surface area contributed by atoms with Crippen LogP contribution in [0.1, 0.15) is 24.0 Å². The number of aliphatic hydroxyl groups is 1. The molecule has 7 nitrogen and oxygen atoms in total. The van der Waals surface area contributed by atoms with Crippen LogP contribution in [0.25, 0.3) is 28.0 Å². The van der Waals surface area contributed by atoms with Gasteiger partial charge >= 0.3 is 6.01 Å². The zero-order valence-corrected chi connectivity index (χ0v) is 20.2. The summed E-state index contributed by atoms with van der Waals surface area (Å²) < 4.78 is 8.16. The molecule has 0 saturated carbocycles. The largest absolute Gasteiger partial charge is 0.464 e. The average Bonchev–Trinajstić information content (AvgIpc) is 3.37. The number of ether oxygens (including phenoxy) is 1. The first-order valence-electron chi connectivity index (χ1n) is 11.7. The van der Waals surface area contributed by atoms with E-state index >= 15 is 0 Å². The molecule has 0 aliphatic carbocycles. The van der Waals surface area contributed by atoms with Gasteiger partial charge in [0.15, 0.2) is 5.65 Å². The van der Waals surface area contributed by atoms with E-state index in [0.29, 0.717) is 46.0 Å². The summed E-state index contributed by atoms with van der Waals surface area (Å²) in [5, 5.41) is 19.3. The van der Waals surface area contributed by atoms with Crippen molar-refractivity contribution >= 4 is 17.2 Å². The van der Waals surface area contributed by atoms with Crippen molar-refractivity contribution in [2.24, 2.45) is 5.92 Å². The van der Waals surface area contributed by atoms with Crippen molar-refractivity contribution in [1.29, 1.82) is 5.26 Å². The Hall–Kier alpha value is -3.44. The Balaban J connectivity index is 1.63. The molecule has 1 aliphatic heterocycles. The van der Waals surface area contributed by atoms with E-state index in [1.165, 1.54) is 6.42 Å². The Morgan fingerprint density at radius 1 is 1.20 bits per heavy atom. The number of hydrogen-bond acceptors (Lipinski definition) is 6. The molecule has 1 atom stereocenters. The highest BCUT2D eigenvalue weighted by molar-refractivity contribution is 6.31. The molecule has 5 rings (SSSR count). The van der Waals surface area contributed by atoms with Crippen LogP contribution < -0.4 is 4.74 Å². The minimum atomic E-state index is -0.137. The lowest BCUT2D eigenvalue weighted by molar-refractivity contribution is 0.143. The first kappa shape index (κ1) is 23.3. The molecule has 1 aliphatic rings. The SMILES string of the molecule is CN1CCC[C@@H](COc2nc(-c3ccc(C#N)cc3)c(-c3ccc(CO)c(Cl)c3)c3nccn23)C1. The van der Waals surface area contributed by atoms with Crippen LogP contribution in [0.4, 0.5) is 0 Å². The normalized spacial score (nSPS) is 16.3. The number of nitriles is 1. The van der Waals surface area contributed by atoms with Crippen molar-refractivity contribution in [1.82, 2.24) is 19.3 Å². The summed E-state index contributed by atoms with van der Waals surface area (Å²) in [6.07, 6.45) is 5.88. The fourth-order valence-electron chi connectivity index (χ4n) is 4.67. The molecule has 0 unspecified atom stereocenters. The van der Waals surface area contributed by atoms with Crippen LogP contribution in [0.2, 0.25) is 5.02 Å². The second-order valence-corrected chi connectivity index (χ2v) is 9.38. The number of benzene rings is 2. The first-order chi connectivity index (χ1) is 17.1. The molecule has 3 heterocycles. The van der Waals surface area contributed by atoms with Crippen LogP contribution in [-0.4, -0.2) is 51.1 Å². The molecule has 178 valence electrons. The van der Waals surface area contributed by atoms with E-state index in [1.54, 1.807) is 18.3 Å². The smallest absolute Gasteiger partial charge is 0.302 e. The third kappa shape index (κ3) is 4.73. The number of piperidine rings is 1.